The van der Waals surface area contributed by atoms with Crippen molar-refractivity contribution in [2.45, 2.75) is 19.9 Å². The molecular weight excluding hydrogens is 352 g/mol. The largest absolute Gasteiger partial charge is 0.340 e. The van der Waals surface area contributed by atoms with Crippen LogP contribution < -0.4 is 5.56 Å². The first-order valence-electron chi connectivity index (χ1n) is 8.91. The summed E-state index contributed by atoms with van der Waals surface area (Å²) in [6.45, 7) is 6.74. The van der Waals surface area contributed by atoms with E-state index in [0.717, 1.165) is 38.3 Å². The van der Waals surface area contributed by atoms with Gasteiger partial charge >= 0.3 is 0 Å². The number of halogens is 1. The van der Waals surface area contributed by atoms with Gasteiger partial charge in [-0.3, -0.25) is 9.59 Å². The predicted molar refractivity (Wildman–Crippen MR) is 102 cm³/mol. The zero-order valence-electron chi connectivity index (χ0n) is 14.9. The van der Waals surface area contributed by atoms with Crippen molar-refractivity contribution in [3.05, 3.63) is 51.8 Å². The number of aryl methyl sites for hydroxylation is 1. The minimum absolute atomic E-state index is 0.0753. The van der Waals surface area contributed by atoms with Gasteiger partial charge in [-0.05, 0) is 24.7 Å². The third-order valence-corrected chi connectivity index (χ3v) is 4.97. The lowest BCUT2D eigenvalue weighted by molar-refractivity contribution is -0.133. The van der Waals surface area contributed by atoms with Crippen LogP contribution in [0.25, 0.3) is 11.3 Å². The SMILES string of the molecule is CCN1CCN(C(=O)CCn2nc(-c3ccc(Cl)cc3)ccc2=O)CC1. The van der Waals surface area contributed by atoms with E-state index in [1.54, 1.807) is 18.2 Å². The summed E-state index contributed by atoms with van der Waals surface area (Å²) < 4.78 is 1.37. The van der Waals surface area contributed by atoms with Gasteiger partial charge in [-0.1, -0.05) is 30.7 Å². The van der Waals surface area contributed by atoms with Gasteiger partial charge in [-0.2, -0.15) is 5.10 Å². The second-order valence-electron chi connectivity index (χ2n) is 6.35. The van der Waals surface area contributed by atoms with Crippen LogP contribution in [-0.4, -0.2) is 58.2 Å². The van der Waals surface area contributed by atoms with Crippen LogP contribution in [-0.2, 0) is 11.3 Å². The monoisotopic (exact) mass is 374 g/mol. The van der Waals surface area contributed by atoms with Crippen LogP contribution in [0.2, 0.25) is 5.02 Å². The molecule has 1 fully saturated rings. The summed E-state index contributed by atoms with van der Waals surface area (Å²) in [6, 6.07) is 10.5. The maximum Gasteiger partial charge on any atom is 0.266 e. The molecule has 1 aliphatic rings. The van der Waals surface area contributed by atoms with E-state index in [1.165, 1.54) is 10.7 Å². The number of hydrogen-bond donors (Lipinski definition) is 0. The first kappa shape index (κ1) is 18.6. The van der Waals surface area contributed by atoms with E-state index in [1.807, 2.05) is 17.0 Å². The van der Waals surface area contributed by atoms with Crippen molar-refractivity contribution in [1.82, 2.24) is 19.6 Å². The van der Waals surface area contributed by atoms with Gasteiger partial charge < -0.3 is 9.80 Å². The Hall–Kier alpha value is -2.18. The molecule has 0 unspecified atom stereocenters. The Labute approximate surface area is 158 Å². The smallest absolute Gasteiger partial charge is 0.266 e. The summed E-state index contributed by atoms with van der Waals surface area (Å²) in [4.78, 5) is 28.7. The highest BCUT2D eigenvalue weighted by Gasteiger charge is 2.20. The van der Waals surface area contributed by atoms with Gasteiger partial charge in [0.2, 0.25) is 5.91 Å². The van der Waals surface area contributed by atoms with E-state index in [0.29, 0.717) is 10.7 Å². The standard InChI is InChI=1S/C19H23ClN4O2/c1-2-22-11-13-23(14-12-22)18(25)9-10-24-19(26)8-7-17(21-24)15-3-5-16(20)6-4-15/h3-8H,2,9-14H2,1H3. The lowest BCUT2D eigenvalue weighted by Crippen LogP contribution is -2.48. The van der Waals surface area contributed by atoms with Gasteiger partial charge in [0, 0.05) is 49.3 Å². The molecule has 2 aromatic rings. The minimum atomic E-state index is -0.202. The molecule has 7 heteroatoms. The van der Waals surface area contributed by atoms with E-state index in [-0.39, 0.29) is 24.4 Å². The van der Waals surface area contributed by atoms with Gasteiger partial charge in [0.25, 0.3) is 5.56 Å². The van der Waals surface area contributed by atoms with E-state index >= 15 is 0 Å². The first-order valence-corrected chi connectivity index (χ1v) is 9.29. The Morgan fingerprint density at radius 3 is 2.42 bits per heavy atom. The quantitative estimate of drug-likeness (QED) is 0.804. The number of nitrogens with zero attached hydrogens (tertiary/aromatic N) is 4. The Morgan fingerprint density at radius 2 is 1.77 bits per heavy atom. The van der Waals surface area contributed by atoms with Crippen molar-refractivity contribution in [3.63, 3.8) is 0 Å². The van der Waals surface area contributed by atoms with Crippen molar-refractivity contribution in [1.29, 1.82) is 0 Å². The molecule has 2 heterocycles. The number of carbonyl (C=O) groups is 1. The molecule has 0 spiro atoms. The molecule has 138 valence electrons. The van der Waals surface area contributed by atoms with Gasteiger partial charge in [0.05, 0.1) is 12.2 Å². The van der Waals surface area contributed by atoms with E-state index < -0.39 is 0 Å². The average molecular weight is 375 g/mol. The number of likely N-dealkylation sites (N-methyl/N-ethyl adjacent to an activating group) is 1. The molecule has 1 aliphatic heterocycles. The number of benzene rings is 1. The van der Waals surface area contributed by atoms with Crippen molar-refractivity contribution >= 4 is 17.5 Å². The summed E-state index contributed by atoms with van der Waals surface area (Å²) in [7, 11) is 0. The molecule has 1 aromatic heterocycles. The number of carbonyl (C=O) groups excluding carboxylic acids is 1. The maximum absolute atomic E-state index is 12.4. The van der Waals surface area contributed by atoms with Crippen LogP contribution in [0.3, 0.4) is 0 Å². The summed E-state index contributed by atoms with van der Waals surface area (Å²) in [5.74, 6) is 0.0753. The Bertz CT molecular complexity index is 811. The van der Waals surface area contributed by atoms with E-state index in [9.17, 15) is 9.59 Å². The Kier molecular flexibility index (Phi) is 6.06. The fraction of sp³-hybridized carbons (Fsp3) is 0.421. The van der Waals surface area contributed by atoms with E-state index in [4.69, 9.17) is 11.6 Å². The fourth-order valence-electron chi connectivity index (χ4n) is 3.06. The number of amides is 1. The first-order chi connectivity index (χ1) is 12.6. The molecule has 0 atom stereocenters. The lowest BCUT2D eigenvalue weighted by atomic mass is 10.1. The van der Waals surface area contributed by atoms with Crippen LogP contribution in [0.5, 0.6) is 0 Å². The minimum Gasteiger partial charge on any atom is -0.340 e. The van der Waals surface area contributed by atoms with Gasteiger partial charge in [0.15, 0.2) is 0 Å². The summed E-state index contributed by atoms with van der Waals surface area (Å²) in [6.07, 6.45) is 0.281. The second-order valence-corrected chi connectivity index (χ2v) is 6.79. The predicted octanol–water partition coefficient (Wildman–Crippen LogP) is 2.12. The molecule has 0 saturated carbocycles. The Balaban J connectivity index is 1.64. The molecule has 1 saturated heterocycles. The summed E-state index contributed by atoms with van der Waals surface area (Å²) in [5, 5.41) is 5.05. The van der Waals surface area contributed by atoms with Crippen LogP contribution in [0.15, 0.2) is 41.2 Å². The third kappa shape index (κ3) is 4.51. The highest BCUT2D eigenvalue weighted by molar-refractivity contribution is 6.30. The third-order valence-electron chi connectivity index (χ3n) is 4.72. The van der Waals surface area contributed by atoms with Crippen molar-refractivity contribution in [3.8, 4) is 11.3 Å². The lowest BCUT2D eigenvalue weighted by Gasteiger charge is -2.34. The van der Waals surface area contributed by atoms with Crippen LogP contribution in [0, 0.1) is 0 Å². The van der Waals surface area contributed by atoms with Gasteiger partial charge in [-0.15, -0.1) is 0 Å². The number of aromatic nitrogens is 2. The Morgan fingerprint density at radius 1 is 1.08 bits per heavy atom. The molecule has 6 nitrogen and oxygen atoms in total. The van der Waals surface area contributed by atoms with Gasteiger partial charge in [-0.25, -0.2) is 4.68 Å². The zero-order chi connectivity index (χ0) is 18.5. The van der Waals surface area contributed by atoms with Crippen molar-refractivity contribution < 1.29 is 4.79 Å². The molecule has 1 amide bonds. The van der Waals surface area contributed by atoms with Crippen LogP contribution >= 0.6 is 11.6 Å². The summed E-state index contributed by atoms with van der Waals surface area (Å²) >= 11 is 5.91. The normalized spacial score (nSPS) is 15.2. The topological polar surface area (TPSA) is 58.4 Å². The molecule has 3 rings (SSSR count). The average Bonchev–Trinajstić information content (AvgIpc) is 2.68. The van der Waals surface area contributed by atoms with Crippen molar-refractivity contribution in [2.75, 3.05) is 32.7 Å². The molecule has 0 N–H and O–H groups in total. The highest BCUT2D eigenvalue weighted by atomic mass is 35.5. The van der Waals surface area contributed by atoms with E-state index in [2.05, 4.69) is 16.9 Å². The molecular formula is C19H23ClN4O2. The van der Waals surface area contributed by atoms with Crippen LogP contribution in [0.4, 0.5) is 0 Å². The zero-order valence-corrected chi connectivity index (χ0v) is 15.7. The van der Waals surface area contributed by atoms with Gasteiger partial charge in [0.1, 0.15) is 0 Å². The highest BCUT2D eigenvalue weighted by Crippen LogP contribution is 2.18. The molecule has 0 radical (unpaired) electrons. The molecule has 0 bridgehead atoms. The second kappa shape index (κ2) is 8.47. The van der Waals surface area contributed by atoms with Crippen molar-refractivity contribution in [2.24, 2.45) is 0 Å². The number of piperazine rings is 1. The summed E-state index contributed by atoms with van der Waals surface area (Å²) in [5.41, 5.74) is 1.36. The maximum atomic E-state index is 12.4. The molecule has 0 aliphatic carbocycles. The molecule has 1 aromatic carbocycles. The van der Waals surface area contributed by atoms with Crippen LogP contribution in [0.1, 0.15) is 13.3 Å². The molecule has 26 heavy (non-hydrogen) atoms. The fourth-order valence-corrected chi connectivity index (χ4v) is 3.18. The number of rotatable bonds is 5. The number of hydrogen-bond acceptors (Lipinski definition) is 4.